The fourth-order valence-corrected chi connectivity index (χ4v) is 5.62. The van der Waals surface area contributed by atoms with Crippen LogP contribution in [0.25, 0.3) is 0 Å². The molecule has 1 fully saturated rings. The summed E-state index contributed by atoms with van der Waals surface area (Å²) >= 11 is 0. The molecule has 1 amide bonds. The maximum absolute atomic E-state index is 13.1. The number of nitrogens with one attached hydrogen (secondary N) is 2. The number of amides is 1. The summed E-state index contributed by atoms with van der Waals surface area (Å²) in [4.78, 5) is 15.4. The Kier molecular flexibility index (Phi) is 7.63. The predicted molar refractivity (Wildman–Crippen MR) is 131 cm³/mol. The number of hydrogen-bond donors (Lipinski definition) is 2. The van der Waals surface area contributed by atoms with Crippen molar-refractivity contribution in [1.82, 2.24) is 10.0 Å². The van der Waals surface area contributed by atoms with Crippen LogP contribution in [0.1, 0.15) is 38.7 Å². The summed E-state index contributed by atoms with van der Waals surface area (Å²) in [5.74, 6) is 0.309. The first-order valence-electron chi connectivity index (χ1n) is 11.9. The van der Waals surface area contributed by atoms with Crippen molar-refractivity contribution in [3.8, 4) is 11.5 Å². The molecule has 0 saturated carbocycles. The molecule has 0 spiro atoms. The van der Waals surface area contributed by atoms with Crippen molar-refractivity contribution in [3.05, 3.63) is 48.0 Å². The van der Waals surface area contributed by atoms with Crippen LogP contribution >= 0.6 is 0 Å². The Morgan fingerprint density at radius 3 is 2.44 bits per heavy atom. The van der Waals surface area contributed by atoms with Crippen molar-refractivity contribution < 1.29 is 22.7 Å². The molecule has 34 heavy (non-hydrogen) atoms. The van der Waals surface area contributed by atoms with E-state index in [1.54, 1.807) is 6.07 Å². The third kappa shape index (κ3) is 5.64. The lowest BCUT2D eigenvalue weighted by Gasteiger charge is -2.24. The lowest BCUT2D eigenvalue weighted by atomic mass is 10.0. The molecule has 0 aromatic heterocycles. The number of para-hydroxylation sites is 1. The lowest BCUT2D eigenvalue weighted by molar-refractivity contribution is -0.123. The summed E-state index contributed by atoms with van der Waals surface area (Å²) in [6.07, 6.45) is 3.06. The normalized spacial score (nSPS) is 16.9. The molecule has 2 aliphatic heterocycles. The van der Waals surface area contributed by atoms with Gasteiger partial charge in [0.2, 0.25) is 15.9 Å². The molecular formula is C25H33N3O5S. The molecule has 4 rings (SSSR count). The third-order valence-corrected chi connectivity index (χ3v) is 7.59. The van der Waals surface area contributed by atoms with Crippen LogP contribution in [0.4, 0.5) is 5.69 Å². The SMILES string of the molecule is CC(C)C(NS(=O)(=O)c1ccc2c(c1)OCCCO2)C(=O)NCc1ccccc1N1CCCC1. The molecule has 2 aromatic rings. The Morgan fingerprint density at radius 2 is 1.71 bits per heavy atom. The Hall–Kier alpha value is -2.78. The zero-order valence-electron chi connectivity index (χ0n) is 19.7. The number of benzene rings is 2. The highest BCUT2D eigenvalue weighted by atomic mass is 32.2. The van der Waals surface area contributed by atoms with Crippen molar-refractivity contribution >= 4 is 21.6 Å². The zero-order chi connectivity index (χ0) is 24.1. The molecule has 1 saturated heterocycles. The number of sulfonamides is 1. The van der Waals surface area contributed by atoms with Crippen molar-refractivity contribution in [2.24, 2.45) is 5.92 Å². The first-order chi connectivity index (χ1) is 16.3. The second kappa shape index (κ2) is 10.7. The van der Waals surface area contributed by atoms with E-state index in [0.29, 0.717) is 31.3 Å². The van der Waals surface area contributed by atoms with Gasteiger partial charge in [0, 0.05) is 37.8 Å². The van der Waals surface area contributed by atoms with Gasteiger partial charge in [0.05, 0.1) is 18.1 Å². The zero-order valence-corrected chi connectivity index (χ0v) is 20.6. The van der Waals surface area contributed by atoms with E-state index in [1.165, 1.54) is 12.1 Å². The van der Waals surface area contributed by atoms with Gasteiger partial charge in [-0.05, 0) is 42.5 Å². The van der Waals surface area contributed by atoms with E-state index in [2.05, 4.69) is 21.0 Å². The van der Waals surface area contributed by atoms with E-state index < -0.39 is 16.1 Å². The molecule has 2 aromatic carbocycles. The summed E-state index contributed by atoms with van der Waals surface area (Å²) in [6.45, 7) is 6.97. The van der Waals surface area contributed by atoms with Crippen LogP contribution in [-0.2, 0) is 21.4 Å². The van der Waals surface area contributed by atoms with Crippen LogP contribution in [0.15, 0.2) is 47.4 Å². The van der Waals surface area contributed by atoms with Crippen molar-refractivity contribution in [2.45, 2.75) is 50.6 Å². The molecule has 1 unspecified atom stereocenters. The quantitative estimate of drug-likeness (QED) is 0.594. The summed E-state index contributed by atoms with van der Waals surface area (Å²) in [5.41, 5.74) is 2.14. The van der Waals surface area contributed by atoms with Gasteiger partial charge in [-0.3, -0.25) is 4.79 Å². The highest BCUT2D eigenvalue weighted by Gasteiger charge is 2.29. The number of nitrogens with zero attached hydrogens (tertiary/aromatic N) is 1. The summed E-state index contributed by atoms with van der Waals surface area (Å²) in [5, 5.41) is 2.94. The molecule has 1 atom stereocenters. The van der Waals surface area contributed by atoms with Gasteiger partial charge in [-0.15, -0.1) is 0 Å². The Balaban J connectivity index is 1.46. The van der Waals surface area contributed by atoms with Crippen LogP contribution in [-0.4, -0.2) is 46.7 Å². The van der Waals surface area contributed by atoms with Crippen LogP contribution in [0.3, 0.4) is 0 Å². The standard InChI is InChI=1S/C25H33N3O5S/c1-18(2)24(25(29)26-17-19-8-3-4-9-21(19)28-12-5-6-13-28)27-34(30,31)20-10-11-22-23(16-20)33-15-7-14-32-22/h3-4,8-11,16,18,24,27H,5-7,12-15,17H2,1-2H3,(H,26,29). The van der Waals surface area contributed by atoms with E-state index in [-0.39, 0.29) is 16.7 Å². The second-order valence-electron chi connectivity index (χ2n) is 9.04. The highest BCUT2D eigenvalue weighted by molar-refractivity contribution is 7.89. The summed E-state index contributed by atoms with van der Waals surface area (Å²) in [6, 6.07) is 11.6. The van der Waals surface area contributed by atoms with Crippen molar-refractivity contribution in [3.63, 3.8) is 0 Å². The largest absolute Gasteiger partial charge is 0.490 e. The molecule has 8 nitrogen and oxygen atoms in total. The van der Waals surface area contributed by atoms with Crippen molar-refractivity contribution in [2.75, 3.05) is 31.2 Å². The van der Waals surface area contributed by atoms with E-state index in [1.807, 2.05) is 32.0 Å². The average Bonchev–Trinajstić information content (AvgIpc) is 3.26. The smallest absolute Gasteiger partial charge is 0.241 e. The van der Waals surface area contributed by atoms with Crippen LogP contribution < -0.4 is 24.4 Å². The monoisotopic (exact) mass is 487 g/mol. The van der Waals surface area contributed by atoms with Gasteiger partial charge >= 0.3 is 0 Å². The molecule has 2 aliphatic rings. The van der Waals surface area contributed by atoms with Gasteiger partial charge in [0.25, 0.3) is 0 Å². The fourth-order valence-electron chi connectivity index (χ4n) is 4.26. The van der Waals surface area contributed by atoms with Gasteiger partial charge in [0.15, 0.2) is 11.5 Å². The maximum atomic E-state index is 13.1. The molecule has 184 valence electrons. The molecule has 0 aliphatic carbocycles. The number of anilines is 1. The van der Waals surface area contributed by atoms with Gasteiger partial charge in [0.1, 0.15) is 6.04 Å². The van der Waals surface area contributed by atoms with E-state index >= 15 is 0 Å². The Labute approximate surface area is 201 Å². The minimum Gasteiger partial charge on any atom is -0.490 e. The van der Waals surface area contributed by atoms with Gasteiger partial charge in [-0.1, -0.05) is 32.0 Å². The van der Waals surface area contributed by atoms with E-state index in [4.69, 9.17) is 9.47 Å². The van der Waals surface area contributed by atoms with Gasteiger partial charge in [-0.25, -0.2) is 8.42 Å². The molecule has 2 N–H and O–H groups in total. The van der Waals surface area contributed by atoms with Crippen LogP contribution in [0.5, 0.6) is 11.5 Å². The summed E-state index contributed by atoms with van der Waals surface area (Å²) in [7, 11) is -3.95. The third-order valence-electron chi connectivity index (χ3n) is 6.15. The van der Waals surface area contributed by atoms with Crippen LogP contribution in [0, 0.1) is 5.92 Å². The Bertz CT molecular complexity index is 1110. The molecular weight excluding hydrogens is 454 g/mol. The lowest BCUT2D eigenvalue weighted by Crippen LogP contribution is -2.49. The maximum Gasteiger partial charge on any atom is 0.241 e. The summed E-state index contributed by atoms with van der Waals surface area (Å²) < 4.78 is 40.1. The first-order valence-corrected chi connectivity index (χ1v) is 13.4. The Morgan fingerprint density at radius 1 is 1.00 bits per heavy atom. The van der Waals surface area contributed by atoms with Crippen molar-refractivity contribution in [1.29, 1.82) is 0 Å². The number of hydrogen-bond acceptors (Lipinski definition) is 6. The molecule has 0 bridgehead atoms. The highest BCUT2D eigenvalue weighted by Crippen LogP contribution is 2.32. The predicted octanol–water partition coefficient (Wildman–Crippen LogP) is 3.07. The first kappa shape index (κ1) is 24.3. The number of fused-ring (bicyclic) bond motifs is 1. The van der Waals surface area contributed by atoms with Gasteiger partial charge < -0.3 is 19.7 Å². The number of carbonyl (C=O) groups is 1. The van der Waals surface area contributed by atoms with Crippen LogP contribution in [0.2, 0.25) is 0 Å². The van der Waals surface area contributed by atoms with E-state index in [0.717, 1.165) is 43.6 Å². The minimum absolute atomic E-state index is 0.0366. The van der Waals surface area contributed by atoms with E-state index in [9.17, 15) is 13.2 Å². The number of rotatable bonds is 8. The number of ether oxygens (including phenoxy) is 2. The topological polar surface area (TPSA) is 97.0 Å². The average molecular weight is 488 g/mol. The number of carbonyl (C=O) groups excluding carboxylic acids is 1. The fraction of sp³-hybridized carbons (Fsp3) is 0.480. The second-order valence-corrected chi connectivity index (χ2v) is 10.8. The van der Waals surface area contributed by atoms with Gasteiger partial charge in [-0.2, -0.15) is 4.72 Å². The molecule has 9 heteroatoms. The molecule has 0 radical (unpaired) electrons. The minimum atomic E-state index is -3.95. The molecule has 2 heterocycles.